The molecule has 0 bridgehead atoms. The number of hydrogen-bond donors (Lipinski definition) is 1. The molecule has 21 heavy (non-hydrogen) atoms. The second-order valence-electron chi connectivity index (χ2n) is 5.55. The van der Waals surface area contributed by atoms with Crippen LogP contribution in [-0.4, -0.2) is 35.4 Å². The Balaban J connectivity index is 1.99. The molecule has 0 radical (unpaired) electrons. The van der Waals surface area contributed by atoms with E-state index in [-0.39, 0.29) is 0 Å². The van der Waals surface area contributed by atoms with Gasteiger partial charge in [-0.25, -0.2) is 4.98 Å². The van der Waals surface area contributed by atoms with Crippen molar-refractivity contribution in [1.29, 1.82) is 0 Å². The van der Waals surface area contributed by atoms with Gasteiger partial charge < -0.3 is 14.6 Å². The predicted molar refractivity (Wildman–Crippen MR) is 86.1 cm³/mol. The van der Waals surface area contributed by atoms with Crippen molar-refractivity contribution in [3.8, 4) is 0 Å². The van der Waals surface area contributed by atoms with E-state index in [4.69, 9.17) is 21.3 Å². The molecule has 1 aromatic carbocycles. The zero-order valence-corrected chi connectivity index (χ0v) is 13.4. The molecule has 1 aromatic heterocycles. The molecule has 1 aliphatic heterocycles. The maximum atomic E-state index is 6.14. The SMILES string of the molecule is CCCNC1COCC1c1nc2ccc(Cl)cc2n1CC. The zero-order valence-electron chi connectivity index (χ0n) is 12.6. The van der Waals surface area contributed by atoms with Crippen LogP contribution in [0.4, 0.5) is 0 Å². The number of nitrogens with zero attached hydrogens (tertiary/aromatic N) is 2. The lowest BCUT2D eigenvalue weighted by atomic mass is 10.0. The summed E-state index contributed by atoms with van der Waals surface area (Å²) < 4.78 is 7.96. The Morgan fingerprint density at radius 1 is 1.38 bits per heavy atom. The Kier molecular flexibility index (Phi) is 4.48. The van der Waals surface area contributed by atoms with Crippen molar-refractivity contribution >= 4 is 22.6 Å². The highest BCUT2D eigenvalue weighted by Crippen LogP contribution is 2.29. The van der Waals surface area contributed by atoms with Crippen molar-refractivity contribution in [2.24, 2.45) is 0 Å². The van der Waals surface area contributed by atoms with E-state index in [1.54, 1.807) is 0 Å². The van der Waals surface area contributed by atoms with E-state index in [1.807, 2.05) is 18.2 Å². The highest BCUT2D eigenvalue weighted by atomic mass is 35.5. The molecule has 1 N–H and O–H groups in total. The lowest BCUT2D eigenvalue weighted by molar-refractivity contribution is 0.187. The van der Waals surface area contributed by atoms with Crippen molar-refractivity contribution in [3.05, 3.63) is 29.0 Å². The molecule has 3 rings (SSSR count). The van der Waals surface area contributed by atoms with Gasteiger partial charge in [0.25, 0.3) is 0 Å². The molecule has 1 aliphatic rings. The van der Waals surface area contributed by atoms with E-state index in [0.717, 1.165) is 54.6 Å². The number of fused-ring (bicyclic) bond motifs is 1. The fraction of sp³-hybridized carbons (Fsp3) is 0.562. The average Bonchev–Trinajstić information content (AvgIpc) is 3.07. The van der Waals surface area contributed by atoms with Gasteiger partial charge in [-0.3, -0.25) is 0 Å². The third-order valence-corrected chi connectivity index (χ3v) is 4.36. The number of halogens is 1. The number of ether oxygens (including phenoxy) is 1. The molecule has 4 nitrogen and oxygen atoms in total. The molecule has 0 aliphatic carbocycles. The summed E-state index contributed by atoms with van der Waals surface area (Å²) in [5, 5.41) is 4.34. The Morgan fingerprint density at radius 2 is 2.24 bits per heavy atom. The number of hydrogen-bond acceptors (Lipinski definition) is 3. The van der Waals surface area contributed by atoms with Gasteiger partial charge in [0, 0.05) is 17.6 Å². The Morgan fingerprint density at radius 3 is 3.00 bits per heavy atom. The summed E-state index contributed by atoms with van der Waals surface area (Å²) in [5.41, 5.74) is 2.12. The van der Waals surface area contributed by atoms with Gasteiger partial charge in [0.1, 0.15) is 5.82 Å². The van der Waals surface area contributed by atoms with E-state index in [2.05, 4.69) is 23.7 Å². The number of benzene rings is 1. The quantitative estimate of drug-likeness (QED) is 0.922. The Labute approximate surface area is 130 Å². The van der Waals surface area contributed by atoms with Gasteiger partial charge in [-0.1, -0.05) is 18.5 Å². The second-order valence-corrected chi connectivity index (χ2v) is 5.99. The van der Waals surface area contributed by atoms with E-state index < -0.39 is 0 Å². The molecule has 1 fully saturated rings. The molecule has 0 amide bonds. The van der Waals surface area contributed by atoms with Crippen LogP contribution in [0.15, 0.2) is 18.2 Å². The third-order valence-electron chi connectivity index (χ3n) is 4.12. The fourth-order valence-corrected chi connectivity index (χ4v) is 3.24. The smallest absolute Gasteiger partial charge is 0.116 e. The second kappa shape index (κ2) is 6.34. The summed E-state index contributed by atoms with van der Waals surface area (Å²) >= 11 is 6.14. The number of rotatable bonds is 5. The number of aryl methyl sites for hydroxylation is 1. The van der Waals surface area contributed by atoms with E-state index in [1.165, 1.54) is 0 Å². The first kappa shape index (κ1) is 14.8. The maximum absolute atomic E-state index is 6.14. The van der Waals surface area contributed by atoms with E-state index in [0.29, 0.717) is 12.0 Å². The Hall–Kier alpha value is -1.10. The topological polar surface area (TPSA) is 39.1 Å². The van der Waals surface area contributed by atoms with Crippen molar-refractivity contribution in [1.82, 2.24) is 14.9 Å². The highest BCUT2D eigenvalue weighted by Gasteiger charge is 2.33. The van der Waals surface area contributed by atoms with Gasteiger partial charge in [0.2, 0.25) is 0 Å². The summed E-state index contributed by atoms with van der Waals surface area (Å²) in [6, 6.07) is 6.25. The van der Waals surface area contributed by atoms with Crippen LogP contribution in [0.5, 0.6) is 0 Å². The number of aromatic nitrogens is 2. The average molecular weight is 308 g/mol. The molecule has 2 atom stereocenters. The molecule has 2 unspecified atom stereocenters. The van der Waals surface area contributed by atoms with Gasteiger partial charge in [-0.2, -0.15) is 0 Å². The molecular weight excluding hydrogens is 286 g/mol. The summed E-state index contributed by atoms with van der Waals surface area (Å²) in [4.78, 5) is 4.85. The monoisotopic (exact) mass is 307 g/mol. The van der Waals surface area contributed by atoms with Crippen LogP contribution in [0.3, 0.4) is 0 Å². The normalized spacial score (nSPS) is 22.2. The molecule has 2 heterocycles. The molecule has 1 saturated heterocycles. The minimum Gasteiger partial charge on any atom is -0.379 e. The fourth-order valence-electron chi connectivity index (χ4n) is 3.07. The van der Waals surface area contributed by atoms with Crippen LogP contribution in [0.2, 0.25) is 5.02 Å². The van der Waals surface area contributed by atoms with Gasteiger partial charge in [0.15, 0.2) is 0 Å². The minimum atomic E-state index is 0.308. The maximum Gasteiger partial charge on any atom is 0.116 e. The zero-order chi connectivity index (χ0) is 14.8. The summed E-state index contributed by atoms with van der Waals surface area (Å²) in [5.74, 6) is 1.42. The van der Waals surface area contributed by atoms with Crippen LogP contribution < -0.4 is 5.32 Å². The molecule has 0 saturated carbocycles. The summed E-state index contributed by atoms with van der Waals surface area (Å²) in [6.07, 6.45) is 1.13. The molecule has 5 heteroatoms. The van der Waals surface area contributed by atoms with Crippen LogP contribution in [0.1, 0.15) is 32.0 Å². The van der Waals surface area contributed by atoms with Crippen molar-refractivity contribution in [2.75, 3.05) is 19.8 Å². The minimum absolute atomic E-state index is 0.308. The van der Waals surface area contributed by atoms with Crippen LogP contribution in [0, 0.1) is 0 Å². The first-order valence-corrected chi connectivity index (χ1v) is 8.09. The van der Waals surface area contributed by atoms with Gasteiger partial charge in [-0.15, -0.1) is 0 Å². The Bertz CT molecular complexity index is 625. The van der Waals surface area contributed by atoms with Crippen LogP contribution in [-0.2, 0) is 11.3 Å². The molecule has 114 valence electrons. The summed E-state index contributed by atoms with van der Waals surface area (Å²) in [7, 11) is 0. The number of nitrogens with one attached hydrogen (secondary N) is 1. The highest BCUT2D eigenvalue weighted by molar-refractivity contribution is 6.31. The van der Waals surface area contributed by atoms with Gasteiger partial charge in [0.05, 0.1) is 30.2 Å². The van der Waals surface area contributed by atoms with Crippen molar-refractivity contribution in [2.45, 2.75) is 38.8 Å². The van der Waals surface area contributed by atoms with Crippen LogP contribution in [0.25, 0.3) is 11.0 Å². The van der Waals surface area contributed by atoms with Crippen molar-refractivity contribution < 1.29 is 4.74 Å². The van der Waals surface area contributed by atoms with Crippen LogP contribution >= 0.6 is 11.6 Å². The number of imidazole rings is 1. The third kappa shape index (κ3) is 2.80. The standard InChI is InChI=1S/C16H22ClN3O/c1-3-7-18-14-10-21-9-12(14)16-19-13-6-5-11(17)8-15(13)20(16)4-2/h5-6,8,12,14,18H,3-4,7,9-10H2,1-2H3. The summed E-state index contributed by atoms with van der Waals surface area (Å²) in [6.45, 7) is 7.74. The molecule has 0 spiro atoms. The van der Waals surface area contributed by atoms with E-state index >= 15 is 0 Å². The lowest BCUT2D eigenvalue weighted by Crippen LogP contribution is -2.35. The first-order chi connectivity index (χ1) is 10.2. The molecule has 2 aromatic rings. The van der Waals surface area contributed by atoms with E-state index in [9.17, 15) is 0 Å². The van der Waals surface area contributed by atoms with Gasteiger partial charge >= 0.3 is 0 Å². The van der Waals surface area contributed by atoms with Gasteiger partial charge in [-0.05, 0) is 38.1 Å². The lowest BCUT2D eigenvalue weighted by Gasteiger charge is -2.19. The predicted octanol–water partition coefficient (Wildman–Crippen LogP) is 3.19. The van der Waals surface area contributed by atoms with Crippen molar-refractivity contribution in [3.63, 3.8) is 0 Å². The largest absolute Gasteiger partial charge is 0.379 e. The first-order valence-electron chi connectivity index (χ1n) is 7.71. The molecular formula is C16H22ClN3O.